The lowest BCUT2D eigenvalue weighted by Crippen LogP contribution is -2.36. The summed E-state index contributed by atoms with van der Waals surface area (Å²) in [5, 5.41) is 2.30. The van der Waals surface area contributed by atoms with Gasteiger partial charge in [-0.05, 0) is 69.2 Å². The number of aromatic nitrogens is 1. The van der Waals surface area contributed by atoms with Crippen molar-refractivity contribution in [2.75, 3.05) is 18.0 Å². The number of nitrogens with two attached hydrogens (primary N) is 1. The molecule has 178 valence electrons. The molecule has 8 heteroatoms. The quantitative estimate of drug-likeness (QED) is 0.464. The monoisotopic (exact) mass is 466 g/mol. The van der Waals surface area contributed by atoms with Crippen molar-refractivity contribution < 1.29 is 18.4 Å². The van der Waals surface area contributed by atoms with E-state index in [2.05, 4.69) is 16.2 Å². The van der Waals surface area contributed by atoms with Gasteiger partial charge in [0.2, 0.25) is 0 Å². The van der Waals surface area contributed by atoms with E-state index in [0.29, 0.717) is 12.2 Å². The van der Waals surface area contributed by atoms with Crippen LogP contribution < -0.4 is 16.0 Å². The molecule has 0 atom stereocenters. The maximum Gasteiger partial charge on any atom is 0.259 e. The van der Waals surface area contributed by atoms with Crippen molar-refractivity contribution in [1.29, 1.82) is 0 Å². The Labute approximate surface area is 197 Å². The number of rotatable bonds is 5. The zero-order chi connectivity index (χ0) is 24.6. The van der Waals surface area contributed by atoms with Crippen LogP contribution >= 0.6 is 0 Å². The fourth-order valence-corrected chi connectivity index (χ4v) is 4.85. The topological polar surface area (TPSA) is 91.2 Å². The van der Waals surface area contributed by atoms with Gasteiger partial charge in [-0.1, -0.05) is 5.92 Å². The first-order valence-electron chi connectivity index (χ1n) is 11.4. The minimum absolute atomic E-state index is 0.0728. The van der Waals surface area contributed by atoms with Gasteiger partial charge in [0.1, 0.15) is 17.2 Å². The third-order valence-electron chi connectivity index (χ3n) is 6.62. The summed E-state index contributed by atoms with van der Waals surface area (Å²) >= 11 is 0. The second-order valence-electron chi connectivity index (χ2n) is 9.13. The molecular weight excluding hydrogens is 438 g/mol. The number of carbonyl (C=O) groups is 2. The number of nitrogens with one attached hydrogen (secondary N) is 2. The first-order chi connectivity index (χ1) is 16.2. The fourth-order valence-electron chi connectivity index (χ4n) is 4.85. The Bertz CT molecular complexity index is 1220. The summed E-state index contributed by atoms with van der Waals surface area (Å²) in [6.07, 6.45) is 10.1. The predicted octanol–water partition coefficient (Wildman–Crippen LogP) is 3.68. The normalized spacial score (nSPS) is 21.0. The predicted molar refractivity (Wildman–Crippen MR) is 128 cm³/mol. The lowest BCUT2D eigenvalue weighted by atomic mass is 9.86. The van der Waals surface area contributed by atoms with E-state index in [1.54, 1.807) is 6.08 Å². The lowest BCUT2D eigenvalue weighted by Gasteiger charge is -2.29. The molecule has 4 rings (SSSR count). The standard InChI is InChI=1S/C26H28F2N4O2/c1-4-9-30-25(33)23-19(27)12-21-22(24(23)28)18(11-20-14(2)10-15(3)31-20)26(34)32(21)13-16-5-7-17(29)8-6-16/h1,10-12,16-17,31H,5-9,13,29H2,2-3H3,(H,30,33)/b18-11-. The van der Waals surface area contributed by atoms with E-state index >= 15 is 8.78 Å². The van der Waals surface area contributed by atoms with E-state index in [9.17, 15) is 9.59 Å². The SMILES string of the molecule is C#CCNC(=O)c1c(F)cc2c(c1F)/C(=C/c1[nH]c(C)cc1C)C(=O)N2CC1CCC(N)CC1. The van der Waals surface area contributed by atoms with E-state index in [1.807, 2.05) is 19.9 Å². The van der Waals surface area contributed by atoms with E-state index in [-0.39, 0.29) is 35.3 Å². The summed E-state index contributed by atoms with van der Waals surface area (Å²) in [5.74, 6) is -1.11. The largest absolute Gasteiger partial charge is 0.359 e. The van der Waals surface area contributed by atoms with Crippen LogP contribution in [0.25, 0.3) is 11.6 Å². The number of hydrogen-bond acceptors (Lipinski definition) is 3. The summed E-state index contributed by atoms with van der Waals surface area (Å²) < 4.78 is 30.8. The van der Waals surface area contributed by atoms with Crippen molar-refractivity contribution in [3.63, 3.8) is 0 Å². The minimum atomic E-state index is -1.07. The number of aryl methyl sites for hydroxylation is 2. The van der Waals surface area contributed by atoms with Gasteiger partial charge in [-0.3, -0.25) is 9.59 Å². The molecule has 1 saturated carbocycles. The maximum absolute atomic E-state index is 15.7. The van der Waals surface area contributed by atoms with E-state index in [0.717, 1.165) is 43.0 Å². The Balaban J connectivity index is 1.82. The lowest BCUT2D eigenvalue weighted by molar-refractivity contribution is -0.113. The first-order valence-corrected chi connectivity index (χ1v) is 11.4. The summed E-state index contributed by atoms with van der Waals surface area (Å²) in [4.78, 5) is 30.6. The summed E-state index contributed by atoms with van der Waals surface area (Å²) in [6, 6.07) is 3.13. The molecule has 1 fully saturated rings. The molecule has 1 aromatic carbocycles. The average Bonchev–Trinajstić information content (AvgIpc) is 3.24. The Morgan fingerprint density at radius 3 is 2.62 bits per heavy atom. The van der Waals surface area contributed by atoms with Crippen LogP contribution in [-0.4, -0.2) is 35.9 Å². The third-order valence-corrected chi connectivity index (χ3v) is 6.62. The molecule has 4 N–H and O–H groups in total. The number of H-pyrrole nitrogens is 1. The Kier molecular flexibility index (Phi) is 6.58. The van der Waals surface area contributed by atoms with Gasteiger partial charge in [0.15, 0.2) is 0 Å². The van der Waals surface area contributed by atoms with Crippen LogP contribution in [0.2, 0.25) is 0 Å². The number of nitrogens with zero attached hydrogens (tertiary/aromatic N) is 1. The highest BCUT2D eigenvalue weighted by molar-refractivity contribution is 6.36. The van der Waals surface area contributed by atoms with Crippen molar-refractivity contribution in [2.24, 2.45) is 11.7 Å². The van der Waals surface area contributed by atoms with Gasteiger partial charge in [-0.2, -0.15) is 0 Å². The highest BCUT2D eigenvalue weighted by Crippen LogP contribution is 2.43. The van der Waals surface area contributed by atoms with Crippen molar-refractivity contribution >= 4 is 29.2 Å². The smallest absolute Gasteiger partial charge is 0.259 e. The van der Waals surface area contributed by atoms with Crippen LogP contribution in [-0.2, 0) is 4.79 Å². The number of carbonyl (C=O) groups excluding carboxylic acids is 2. The van der Waals surface area contributed by atoms with E-state index in [4.69, 9.17) is 12.2 Å². The van der Waals surface area contributed by atoms with Crippen LogP contribution in [0.3, 0.4) is 0 Å². The number of terminal acetylenes is 1. The van der Waals surface area contributed by atoms with E-state index < -0.39 is 29.0 Å². The summed E-state index contributed by atoms with van der Waals surface area (Å²) in [5.41, 5.74) is 7.82. The molecule has 0 saturated heterocycles. The van der Waals surface area contributed by atoms with Gasteiger partial charge in [0.05, 0.1) is 17.8 Å². The molecule has 1 aliphatic heterocycles. The maximum atomic E-state index is 15.7. The Hall–Kier alpha value is -3.44. The molecule has 34 heavy (non-hydrogen) atoms. The first kappa shape index (κ1) is 23.7. The number of hydrogen-bond donors (Lipinski definition) is 3. The molecule has 0 unspecified atom stereocenters. The zero-order valence-corrected chi connectivity index (χ0v) is 19.3. The molecule has 1 aliphatic carbocycles. The van der Waals surface area contributed by atoms with Crippen LogP contribution in [0.15, 0.2) is 12.1 Å². The van der Waals surface area contributed by atoms with Gasteiger partial charge in [-0.15, -0.1) is 6.42 Å². The van der Waals surface area contributed by atoms with Gasteiger partial charge < -0.3 is 20.9 Å². The molecule has 1 aromatic heterocycles. The van der Waals surface area contributed by atoms with Crippen molar-refractivity contribution in [3.8, 4) is 12.3 Å². The molecule has 2 aliphatic rings. The molecule has 2 aromatic rings. The number of anilines is 1. The van der Waals surface area contributed by atoms with Crippen LogP contribution in [0.1, 0.15) is 58.6 Å². The number of halogens is 2. The molecule has 0 bridgehead atoms. The second kappa shape index (κ2) is 9.43. The number of benzene rings is 1. The summed E-state index contributed by atoms with van der Waals surface area (Å²) in [6.45, 7) is 3.91. The molecule has 6 nitrogen and oxygen atoms in total. The van der Waals surface area contributed by atoms with E-state index in [1.165, 1.54) is 4.90 Å². The van der Waals surface area contributed by atoms with Gasteiger partial charge in [-0.25, -0.2) is 8.78 Å². The minimum Gasteiger partial charge on any atom is -0.359 e. The highest BCUT2D eigenvalue weighted by atomic mass is 19.1. The van der Waals surface area contributed by atoms with Crippen molar-refractivity contribution in [1.82, 2.24) is 10.3 Å². The number of amides is 2. The third kappa shape index (κ3) is 4.36. The van der Waals surface area contributed by atoms with Gasteiger partial charge in [0.25, 0.3) is 11.8 Å². The highest BCUT2D eigenvalue weighted by Gasteiger charge is 2.39. The zero-order valence-electron chi connectivity index (χ0n) is 19.3. The molecule has 2 amide bonds. The van der Waals surface area contributed by atoms with Crippen molar-refractivity contribution in [2.45, 2.75) is 45.6 Å². The number of aromatic amines is 1. The average molecular weight is 467 g/mol. The van der Waals surface area contributed by atoms with Crippen molar-refractivity contribution in [3.05, 3.63) is 51.8 Å². The fraction of sp³-hybridized carbons (Fsp3) is 0.385. The Morgan fingerprint density at radius 1 is 1.29 bits per heavy atom. The van der Waals surface area contributed by atoms with Crippen LogP contribution in [0, 0.1) is 43.7 Å². The second-order valence-corrected chi connectivity index (χ2v) is 9.13. The number of fused-ring (bicyclic) bond motifs is 1. The van der Waals surface area contributed by atoms with Gasteiger partial charge >= 0.3 is 0 Å². The molecule has 0 radical (unpaired) electrons. The van der Waals surface area contributed by atoms with Crippen LogP contribution in [0.5, 0.6) is 0 Å². The van der Waals surface area contributed by atoms with Gasteiger partial charge in [0, 0.05) is 29.5 Å². The molecule has 2 heterocycles. The summed E-state index contributed by atoms with van der Waals surface area (Å²) in [7, 11) is 0. The molecule has 0 spiro atoms. The van der Waals surface area contributed by atoms with Crippen LogP contribution in [0.4, 0.5) is 14.5 Å². The Morgan fingerprint density at radius 2 is 2.00 bits per heavy atom. The molecular formula is C26H28F2N4O2.